The fraction of sp³-hybridized carbons (Fsp3) is 0.364. The van der Waals surface area contributed by atoms with Crippen LogP contribution in [0, 0.1) is 0 Å². The van der Waals surface area contributed by atoms with Crippen molar-refractivity contribution in [2.75, 3.05) is 26.1 Å². The Bertz CT molecular complexity index is 585. The molecule has 1 aromatic carbocycles. The fourth-order valence-corrected chi connectivity index (χ4v) is 1.96. The van der Waals surface area contributed by atoms with Crippen molar-refractivity contribution in [1.29, 1.82) is 0 Å². The van der Waals surface area contributed by atoms with E-state index in [1.54, 1.807) is 25.4 Å². The molecule has 1 aliphatic rings. The topological polar surface area (TPSA) is 88.4 Å². The Hall–Kier alpha value is -1.80. The summed E-state index contributed by atoms with van der Waals surface area (Å²) in [7, 11) is -2.34. The van der Waals surface area contributed by atoms with Crippen LogP contribution in [0.1, 0.15) is 5.56 Å². The van der Waals surface area contributed by atoms with Gasteiger partial charge in [0.05, 0.1) is 18.5 Å². The monoisotopic (exact) mass is 286 g/mol. The molecule has 0 bridgehead atoms. The second-order valence-corrected chi connectivity index (χ2v) is 5.60. The highest BCUT2D eigenvalue weighted by Gasteiger charge is 2.12. The van der Waals surface area contributed by atoms with E-state index in [-0.39, 0.29) is 19.1 Å². The molecule has 8 heteroatoms. The summed E-state index contributed by atoms with van der Waals surface area (Å²) in [5.41, 5.74) is 0.808. The Morgan fingerprint density at radius 2 is 2.16 bits per heavy atom. The first-order valence-electron chi connectivity index (χ1n) is 5.54. The molecular formula is C11H14N2O5S. The summed E-state index contributed by atoms with van der Waals surface area (Å²) in [4.78, 5) is 0. The van der Waals surface area contributed by atoms with E-state index in [0.717, 1.165) is 5.56 Å². The Balaban J connectivity index is 1.95. The molecule has 19 heavy (non-hydrogen) atoms. The largest absolute Gasteiger partial charge is 0.454 e. The lowest BCUT2D eigenvalue weighted by Gasteiger charge is -2.10. The van der Waals surface area contributed by atoms with Crippen LogP contribution < -0.4 is 9.47 Å². The lowest BCUT2D eigenvalue weighted by molar-refractivity contribution is 0.174. The van der Waals surface area contributed by atoms with Crippen molar-refractivity contribution >= 4 is 16.3 Å². The summed E-state index contributed by atoms with van der Waals surface area (Å²) >= 11 is 0. The van der Waals surface area contributed by atoms with E-state index in [2.05, 4.69) is 5.10 Å². The van der Waals surface area contributed by atoms with Gasteiger partial charge in [0.15, 0.2) is 11.5 Å². The smallest absolute Gasteiger partial charge is 0.266 e. The van der Waals surface area contributed by atoms with Crippen LogP contribution in [0.5, 0.6) is 11.5 Å². The highest BCUT2D eigenvalue weighted by Crippen LogP contribution is 2.31. The lowest BCUT2D eigenvalue weighted by Crippen LogP contribution is -2.21. The molecule has 2 rings (SSSR count). The fourth-order valence-electron chi connectivity index (χ4n) is 1.46. The third-order valence-corrected chi connectivity index (χ3v) is 3.17. The maximum atomic E-state index is 10.6. The van der Waals surface area contributed by atoms with E-state index < -0.39 is 10.1 Å². The van der Waals surface area contributed by atoms with E-state index >= 15 is 0 Å². The Kier molecular flexibility index (Phi) is 3.91. The number of hydrogen-bond acceptors (Lipinski definition) is 6. The van der Waals surface area contributed by atoms with Gasteiger partial charge in [-0.15, -0.1) is 0 Å². The molecule has 0 amide bonds. The van der Waals surface area contributed by atoms with Crippen LogP contribution in [0.2, 0.25) is 0 Å². The normalized spacial score (nSPS) is 14.0. The minimum absolute atomic E-state index is 0.111. The third kappa shape index (κ3) is 4.11. The van der Waals surface area contributed by atoms with Gasteiger partial charge in [-0.1, -0.05) is 0 Å². The second kappa shape index (κ2) is 5.45. The van der Waals surface area contributed by atoms with E-state index in [4.69, 9.17) is 14.0 Å². The van der Waals surface area contributed by atoms with Gasteiger partial charge in [-0.25, -0.2) is 0 Å². The molecule has 1 N–H and O–H groups in total. The zero-order chi connectivity index (χ0) is 13.9. The van der Waals surface area contributed by atoms with Crippen molar-refractivity contribution < 1.29 is 22.4 Å². The molecule has 1 heterocycles. The second-order valence-electron chi connectivity index (χ2n) is 4.02. The SMILES string of the molecule is CN(CCS(=O)(=O)O)/N=C\c1ccc2c(c1)OCO2. The van der Waals surface area contributed by atoms with Gasteiger partial charge in [0.2, 0.25) is 6.79 Å². The predicted octanol–water partition coefficient (Wildman–Crippen LogP) is 0.569. The quantitative estimate of drug-likeness (QED) is 0.483. The van der Waals surface area contributed by atoms with Crippen molar-refractivity contribution in [2.24, 2.45) is 5.10 Å². The van der Waals surface area contributed by atoms with Gasteiger partial charge in [0, 0.05) is 7.05 Å². The summed E-state index contributed by atoms with van der Waals surface area (Å²) in [5.74, 6) is 0.989. The van der Waals surface area contributed by atoms with Crippen LogP contribution in [-0.2, 0) is 10.1 Å². The zero-order valence-corrected chi connectivity index (χ0v) is 11.1. The zero-order valence-electron chi connectivity index (χ0n) is 10.3. The van der Waals surface area contributed by atoms with Crippen LogP contribution in [0.25, 0.3) is 0 Å². The summed E-state index contributed by atoms with van der Waals surface area (Å²) in [6.45, 7) is 0.323. The number of nitrogens with zero attached hydrogens (tertiary/aromatic N) is 2. The number of hydrazone groups is 1. The van der Waals surface area contributed by atoms with E-state index in [1.165, 1.54) is 5.01 Å². The average molecular weight is 286 g/mol. The standard InChI is InChI=1S/C11H14N2O5S/c1-13(4-5-19(14,15)16)12-7-9-2-3-10-11(6-9)18-8-17-10/h2-3,6-7H,4-5,8H2,1H3,(H,14,15,16)/b12-7-. The minimum Gasteiger partial charge on any atom is -0.454 e. The summed E-state index contributed by atoms with van der Waals surface area (Å²) in [6, 6.07) is 5.37. The summed E-state index contributed by atoms with van der Waals surface area (Å²) < 4.78 is 40.2. The molecule has 0 aliphatic carbocycles. The summed E-state index contributed by atoms with van der Waals surface area (Å²) in [5, 5.41) is 5.49. The van der Waals surface area contributed by atoms with Gasteiger partial charge < -0.3 is 9.47 Å². The molecule has 0 spiro atoms. The average Bonchev–Trinajstić information content (AvgIpc) is 2.80. The van der Waals surface area contributed by atoms with Gasteiger partial charge in [-0.05, 0) is 23.8 Å². The van der Waals surface area contributed by atoms with E-state index in [1.807, 2.05) is 6.07 Å². The van der Waals surface area contributed by atoms with Gasteiger partial charge in [0.25, 0.3) is 10.1 Å². The Morgan fingerprint density at radius 3 is 2.89 bits per heavy atom. The van der Waals surface area contributed by atoms with Crippen molar-refractivity contribution in [3.63, 3.8) is 0 Å². The maximum absolute atomic E-state index is 10.6. The van der Waals surface area contributed by atoms with E-state index in [9.17, 15) is 8.42 Å². The number of fused-ring (bicyclic) bond motifs is 1. The van der Waals surface area contributed by atoms with Crippen LogP contribution in [-0.4, -0.2) is 50.3 Å². The number of rotatable bonds is 5. The first-order chi connectivity index (χ1) is 8.94. The Morgan fingerprint density at radius 1 is 1.42 bits per heavy atom. The molecule has 1 aliphatic heterocycles. The van der Waals surface area contributed by atoms with Crippen molar-refractivity contribution in [1.82, 2.24) is 5.01 Å². The first-order valence-corrected chi connectivity index (χ1v) is 7.15. The van der Waals surface area contributed by atoms with Gasteiger partial charge in [0.1, 0.15) is 0 Å². The number of ether oxygens (including phenoxy) is 2. The molecule has 0 atom stereocenters. The molecule has 1 aromatic rings. The Labute approximate surface area is 111 Å². The number of benzene rings is 1. The molecule has 0 saturated carbocycles. The maximum Gasteiger partial charge on any atom is 0.266 e. The molecule has 104 valence electrons. The number of hydrogen-bond donors (Lipinski definition) is 1. The molecule has 0 unspecified atom stereocenters. The minimum atomic E-state index is -3.96. The van der Waals surface area contributed by atoms with Crippen LogP contribution >= 0.6 is 0 Å². The molecule has 0 fully saturated rings. The van der Waals surface area contributed by atoms with Crippen LogP contribution in [0.3, 0.4) is 0 Å². The first kappa shape index (κ1) is 13.6. The highest BCUT2D eigenvalue weighted by atomic mass is 32.2. The van der Waals surface area contributed by atoms with Crippen LogP contribution in [0.15, 0.2) is 23.3 Å². The van der Waals surface area contributed by atoms with Crippen molar-refractivity contribution in [2.45, 2.75) is 0 Å². The van der Waals surface area contributed by atoms with Gasteiger partial charge in [-0.2, -0.15) is 13.5 Å². The van der Waals surface area contributed by atoms with Gasteiger partial charge >= 0.3 is 0 Å². The highest BCUT2D eigenvalue weighted by molar-refractivity contribution is 7.85. The van der Waals surface area contributed by atoms with Crippen molar-refractivity contribution in [3.8, 4) is 11.5 Å². The third-order valence-electron chi connectivity index (χ3n) is 2.47. The molecule has 7 nitrogen and oxygen atoms in total. The lowest BCUT2D eigenvalue weighted by atomic mass is 10.2. The summed E-state index contributed by atoms with van der Waals surface area (Å²) in [6.07, 6.45) is 1.58. The molecule has 0 saturated heterocycles. The van der Waals surface area contributed by atoms with Crippen LogP contribution in [0.4, 0.5) is 0 Å². The van der Waals surface area contributed by atoms with Gasteiger partial charge in [-0.3, -0.25) is 9.56 Å². The molecule has 0 radical (unpaired) electrons. The molecular weight excluding hydrogens is 272 g/mol. The van der Waals surface area contributed by atoms with Crippen molar-refractivity contribution in [3.05, 3.63) is 23.8 Å². The predicted molar refractivity (Wildman–Crippen MR) is 69.2 cm³/mol. The molecule has 0 aromatic heterocycles. The van der Waals surface area contributed by atoms with E-state index in [0.29, 0.717) is 11.5 Å².